The smallest absolute Gasteiger partial charge is 0.312 e. The number of halogens is 2. The van der Waals surface area contributed by atoms with Gasteiger partial charge in [-0.25, -0.2) is 4.39 Å². The second-order valence-electron chi connectivity index (χ2n) is 8.60. The molecule has 182 valence electrons. The molecule has 7 nitrogen and oxygen atoms in total. The number of esters is 1. The van der Waals surface area contributed by atoms with Gasteiger partial charge in [-0.05, 0) is 72.5 Å². The van der Waals surface area contributed by atoms with E-state index in [2.05, 4.69) is 27.9 Å². The van der Waals surface area contributed by atoms with Crippen molar-refractivity contribution in [3.8, 4) is 11.5 Å². The first-order valence-corrected chi connectivity index (χ1v) is 12.4. The number of rotatable bonds is 6. The van der Waals surface area contributed by atoms with Crippen LogP contribution in [-0.2, 0) is 20.7 Å². The highest BCUT2D eigenvalue weighted by atomic mass is 127. The summed E-state index contributed by atoms with van der Waals surface area (Å²) in [6, 6.07) is 9.90. The zero-order valence-corrected chi connectivity index (χ0v) is 21.4. The molecule has 1 fully saturated rings. The van der Waals surface area contributed by atoms with E-state index in [1.807, 2.05) is 6.07 Å². The van der Waals surface area contributed by atoms with Gasteiger partial charge in [-0.15, -0.1) is 0 Å². The van der Waals surface area contributed by atoms with Crippen LogP contribution >= 0.6 is 22.6 Å². The molecule has 9 heteroatoms. The third-order valence-corrected chi connectivity index (χ3v) is 7.32. The minimum atomic E-state index is -0.743. The van der Waals surface area contributed by atoms with Gasteiger partial charge in [0.15, 0.2) is 6.10 Å². The van der Waals surface area contributed by atoms with Gasteiger partial charge in [0.25, 0.3) is 5.91 Å². The van der Waals surface area contributed by atoms with E-state index in [-0.39, 0.29) is 24.3 Å². The van der Waals surface area contributed by atoms with Gasteiger partial charge in [0.05, 0.1) is 34.9 Å². The minimum Gasteiger partial charge on any atom is -0.496 e. The number of nitrogens with zero attached hydrogens (tertiary/aromatic N) is 1. The van der Waals surface area contributed by atoms with Crippen molar-refractivity contribution in [2.45, 2.75) is 32.3 Å². The number of likely N-dealkylation sites (tertiary alicyclic amines) is 1. The first-order valence-electron chi connectivity index (χ1n) is 11.3. The van der Waals surface area contributed by atoms with Gasteiger partial charge in [0, 0.05) is 19.2 Å². The number of methoxy groups -OCH3 is 1. The molecule has 1 atom stereocenters. The van der Waals surface area contributed by atoms with Crippen molar-refractivity contribution in [3.05, 3.63) is 51.3 Å². The molecule has 2 aliphatic heterocycles. The summed E-state index contributed by atoms with van der Waals surface area (Å²) in [4.78, 5) is 28.0. The van der Waals surface area contributed by atoms with Crippen molar-refractivity contribution in [1.29, 1.82) is 0 Å². The van der Waals surface area contributed by atoms with Crippen molar-refractivity contribution in [2.75, 3.05) is 38.7 Å². The molecule has 2 aliphatic rings. The van der Waals surface area contributed by atoms with E-state index in [9.17, 15) is 14.0 Å². The van der Waals surface area contributed by atoms with E-state index < -0.39 is 11.5 Å². The first-order chi connectivity index (χ1) is 16.3. The van der Waals surface area contributed by atoms with Gasteiger partial charge in [-0.1, -0.05) is 12.1 Å². The number of fused-ring (bicyclic) bond motifs is 1. The van der Waals surface area contributed by atoms with E-state index in [0.717, 1.165) is 14.8 Å². The summed E-state index contributed by atoms with van der Waals surface area (Å²) in [5.74, 6) is 0.570. The molecule has 0 saturated carbocycles. The predicted octanol–water partition coefficient (Wildman–Crippen LogP) is 4.03. The van der Waals surface area contributed by atoms with Crippen molar-refractivity contribution >= 4 is 40.2 Å². The largest absolute Gasteiger partial charge is 0.496 e. The second kappa shape index (κ2) is 10.4. The van der Waals surface area contributed by atoms with Gasteiger partial charge in [0.2, 0.25) is 0 Å². The molecule has 34 heavy (non-hydrogen) atoms. The summed E-state index contributed by atoms with van der Waals surface area (Å²) in [6.07, 6.45) is 0.723. The molecule has 0 spiro atoms. The van der Waals surface area contributed by atoms with Crippen LogP contribution in [0.1, 0.15) is 25.3 Å². The molecule has 1 unspecified atom stereocenters. The van der Waals surface area contributed by atoms with E-state index in [4.69, 9.17) is 14.2 Å². The summed E-state index contributed by atoms with van der Waals surface area (Å²) in [6.45, 7) is 3.27. The molecule has 4 rings (SSSR count). The van der Waals surface area contributed by atoms with E-state index >= 15 is 0 Å². The summed E-state index contributed by atoms with van der Waals surface area (Å²) >= 11 is 2.19. The number of carbonyl (C=O) groups is 2. The Balaban J connectivity index is 1.45. The summed E-state index contributed by atoms with van der Waals surface area (Å²) in [7, 11) is 1.60. The lowest BCUT2D eigenvalue weighted by molar-refractivity contribution is -0.161. The highest BCUT2D eigenvalue weighted by Gasteiger charge is 2.44. The Morgan fingerprint density at radius 3 is 2.59 bits per heavy atom. The lowest BCUT2D eigenvalue weighted by Gasteiger charge is -2.41. The Morgan fingerprint density at radius 1 is 1.24 bits per heavy atom. The van der Waals surface area contributed by atoms with Crippen LogP contribution in [0.5, 0.6) is 11.5 Å². The lowest BCUT2D eigenvalue weighted by Crippen LogP contribution is -2.53. The predicted molar refractivity (Wildman–Crippen MR) is 134 cm³/mol. The minimum absolute atomic E-state index is 0.116. The SMILES string of the molecule is CCOC(=O)C1(Cc2ccc(F)cc2)CCN(C(=O)C2CNc3cc(I)c(OC)cc3O2)CC1. The fraction of sp³-hybridized carbons (Fsp3) is 0.440. The normalized spacial score (nSPS) is 18.8. The summed E-state index contributed by atoms with van der Waals surface area (Å²) in [5, 5.41) is 3.28. The standard InChI is InChI=1S/C25H28FIN2O5/c1-3-33-24(31)25(14-16-4-6-17(26)7-5-16)8-10-29(11-9-25)23(30)22-15-28-19-12-18(27)20(32-2)13-21(19)34-22/h4-7,12-13,22,28H,3,8-11,14-15H2,1-2H3. The van der Waals surface area contributed by atoms with Gasteiger partial charge in [0.1, 0.15) is 17.3 Å². The summed E-state index contributed by atoms with van der Waals surface area (Å²) in [5.41, 5.74) is 0.954. The molecule has 1 saturated heterocycles. The van der Waals surface area contributed by atoms with Gasteiger partial charge in [-0.3, -0.25) is 9.59 Å². The van der Waals surface area contributed by atoms with Crippen LogP contribution < -0.4 is 14.8 Å². The summed E-state index contributed by atoms with van der Waals surface area (Å²) < 4.78 is 31.1. The average Bonchev–Trinajstić information content (AvgIpc) is 2.85. The Kier molecular flexibility index (Phi) is 7.49. The zero-order valence-electron chi connectivity index (χ0n) is 19.2. The molecule has 0 aliphatic carbocycles. The Bertz CT molecular complexity index is 1050. The van der Waals surface area contributed by atoms with E-state index in [1.165, 1.54) is 12.1 Å². The zero-order chi connectivity index (χ0) is 24.3. The number of carbonyl (C=O) groups excluding carboxylic acids is 2. The molecular formula is C25H28FIN2O5. The molecule has 2 aromatic carbocycles. The number of hydrogen-bond acceptors (Lipinski definition) is 6. The third-order valence-electron chi connectivity index (χ3n) is 6.47. The van der Waals surface area contributed by atoms with Crippen molar-refractivity contribution in [1.82, 2.24) is 4.90 Å². The lowest BCUT2D eigenvalue weighted by atomic mass is 9.73. The fourth-order valence-corrected chi connectivity index (χ4v) is 5.24. The van der Waals surface area contributed by atoms with Gasteiger partial charge < -0.3 is 24.4 Å². The first kappa shape index (κ1) is 24.6. The van der Waals surface area contributed by atoms with Crippen molar-refractivity contribution < 1.29 is 28.2 Å². The van der Waals surface area contributed by atoms with Crippen LogP contribution in [-0.4, -0.2) is 56.2 Å². The maximum atomic E-state index is 13.4. The van der Waals surface area contributed by atoms with Crippen LogP contribution in [0.15, 0.2) is 36.4 Å². The Morgan fingerprint density at radius 2 is 1.94 bits per heavy atom. The number of ether oxygens (including phenoxy) is 3. The highest BCUT2D eigenvalue weighted by Crippen LogP contribution is 2.39. The van der Waals surface area contributed by atoms with Crippen LogP contribution in [0.25, 0.3) is 0 Å². The number of hydrogen-bond donors (Lipinski definition) is 1. The molecule has 1 amide bonds. The van der Waals surface area contributed by atoms with Crippen LogP contribution in [0.4, 0.5) is 10.1 Å². The number of benzene rings is 2. The van der Waals surface area contributed by atoms with Crippen molar-refractivity contribution in [2.24, 2.45) is 5.41 Å². The molecule has 0 radical (unpaired) electrons. The Labute approximate surface area is 212 Å². The number of nitrogens with one attached hydrogen (secondary N) is 1. The topological polar surface area (TPSA) is 77.1 Å². The number of piperidine rings is 1. The molecule has 2 aromatic rings. The second-order valence-corrected chi connectivity index (χ2v) is 9.76. The van der Waals surface area contributed by atoms with Gasteiger partial charge >= 0.3 is 5.97 Å². The average molecular weight is 582 g/mol. The van der Waals surface area contributed by atoms with E-state index in [1.54, 1.807) is 37.1 Å². The monoisotopic (exact) mass is 582 g/mol. The van der Waals surface area contributed by atoms with Crippen molar-refractivity contribution in [3.63, 3.8) is 0 Å². The molecule has 2 heterocycles. The highest BCUT2D eigenvalue weighted by molar-refractivity contribution is 14.1. The quantitative estimate of drug-likeness (QED) is 0.410. The Hall–Kier alpha value is -2.56. The molecular weight excluding hydrogens is 554 g/mol. The van der Waals surface area contributed by atoms with Crippen LogP contribution in [0.3, 0.4) is 0 Å². The number of anilines is 1. The molecule has 1 N–H and O–H groups in total. The molecule has 0 aromatic heterocycles. The van der Waals surface area contributed by atoms with Crippen LogP contribution in [0.2, 0.25) is 0 Å². The fourth-order valence-electron chi connectivity index (χ4n) is 4.55. The van der Waals surface area contributed by atoms with Gasteiger partial charge in [-0.2, -0.15) is 0 Å². The third kappa shape index (κ3) is 5.08. The van der Waals surface area contributed by atoms with Crippen LogP contribution in [0, 0.1) is 14.8 Å². The maximum absolute atomic E-state index is 13.4. The number of amides is 1. The maximum Gasteiger partial charge on any atom is 0.312 e. The van der Waals surface area contributed by atoms with E-state index in [0.29, 0.717) is 50.4 Å². The molecule has 0 bridgehead atoms.